The highest BCUT2D eigenvalue weighted by atomic mass is 16.2. The fourth-order valence-corrected chi connectivity index (χ4v) is 2.59. The zero-order valence-corrected chi connectivity index (χ0v) is 12.6. The number of nitrogens with one attached hydrogen (secondary N) is 1. The predicted octanol–water partition coefficient (Wildman–Crippen LogP) is 2.12. The second kappa shape index (κ2) is 6.73. The fourth-order valence-electron chi connectivity index (χ4n) is 2.59. The highest BCUT2D eigenvalue weighted by Crippen LogP contribution is 2.35. The Morgan fingerprint density at radius 3 is 2.81 bits per heavy atom. The molecule has 0 atom stereocenters. The van der Waals surface area contributed by atoms with Crippen LogP contribution in [0.25, 0.3) is 0 Å². The van der Waals surface area contributed by atoms with E-state index < -0.39 is 0 Å². The third-order valence-corrected chi connectivity index (χ3v) is 3.99. The van der Waals surface area contributed by atoms with E-state index in [0.717, 1.165) is 25.7 Å². The topological polar surface area (TPSA) is 62.2 Å². The molecule has 1 saturated carbocycles. The largest absolute Gasteiger partial charge is 0.384 e. The van der Waals surface area contributed by atoms with E-state index in [1.807, 2.05) is 0 Å². The van der Waals surface area contributed by atoms with Crippen LogP contribution in [0, 0.1) is 17.3 Å². The normalized spacial score (nSPS) is 17.7. The van der Waals surface area contributed by atoms with E-state index in [0.29, 0.717) is 16.5 Å². The average Bonchev–Trinajstić information content (AvgIpc) is 2.47. The minimum absolute atomic E-state index is 0.0974. The van der Waals surface area contributed by atoms with Crippen molar-refractivity contribution >= 4 is 5.91 Å². The lowest BCUT2D eigenvalue weighted by molar-refractivity contribution is 0.0908. The van der Waals surface area contributed by atoms with Gasteiger partial charge in [-0.2, -0.15) is 0 Å². The maximum atomic E-state index is 12.3. The van der Waals surface area contributed by atoms with Gasteiger partial charge in [0, 0.05) is 24.0 Å². The van der Waals surface area contributed by atoms with Gasteiger partial charge in [0.1, 0.15) is 6.61 Å². The maximum absolute atomic E-state index is 12.3. The molecule has 1 heterocycles. The second-order valence-electron chi connectivity index (χ2n) is 6.33. The molecule has 1 aromatic rings. The van der Waals surface area contributed by atoms with Gasteiger partial charge in [0.05, 0.1) is 5.56 Å². The molecule has 1 aliphatic carbocycles. The Balaban J connectivity index is 1.97. The maximum Gasteiger partial charge on any atom is 0.253 e. The number of amides is 1. The Bertz CT molecular complexity index is 560. The molecule has 112 valence electrons. The van der Waals surface area contributed by atoms with Crippen molar-refractivity contribution in [1.82, 2.24) is 10.3 Å². The highest BCUT2D eigenvalue weighted by Gasteiger charge is 2.27. The molecule has 0 spiro atoms. The molecule has 0 radical (unpaired) electrons. The molecular weight excluding hydrogens is 264 g/mol. The number of aliphatic hydroxyl groups is 1. The first-order chi connectivity index (χ1) is 10.00. The van der Waals surface area contributed by atoms with Crippen molar-refractivity contribution in [2.75, 3.05) is 6.61 Å². The monoisotopic (exact) mass is 286 g/mol. The van der Waals surface area contributed by atoms with Gasteiger partial charge in [-0.25, -0.2) is 0 Å². The van der Waals surface area contributed by atoms with Crippen molar-refractivity contribution < 1.29 is 9.90 Å². The Kier molecular flexibility index (Phi) is 4.98. The number of aromatic nitrogens is 1. The van der Waals surface area contributed by atoms with Crippen molar-refractivity contribution in [3.05, 3.63) is 29.6 Å². The van der Waals surface area contributed by atoms with Crippen LogP contribution in [0.1, 0.15) is 55.5 Å². The Morgan fingerprint density at radius 1 is 1.43 bits per heavy atom. The summed E-state index contributed by atoms with van der Waals surface area (Å²) in [6, 6.07) is 1.95. The van der Waals surface area contributed by atoms with Gasteiger partial charge in [-0.3, -0.25) is 9.78 Å². The molecule has 1 aromatic heterocycles. The van der Waals surface area contributed by atoms with Crippen molar-refractivity contribution in [3.8, 4) is 11.8 Å². The van der Waals surface area contributed by atoms with Crippen molar-refractivity contribution in [2.45, 2.75) is 45.6 Å². The first-order valence-corrected chi connectivity index (χ1v) is 7.36. The minimum atomic E-state index is -0.200. The zero-order valence-electron chi connectivity index (χ0n) is 12.6. The Morgan fingerprint density at radius 2 is 2.14 bits per heavy atom. The molecule has 0 aromatic carbocycles. The van der Waals surface area contributed by atoms with Crippen molar-refractivity contribution in [1.29, 1.82) is 0 Å². The summed E-state index contributed by atoms with van der Waals surface area (Å²) in [5, 5.41) is 11.8. The lowest BCUT2D eigenvalue weighted by Crippen LogP contribution is -2.39. The van der Waals surface area contributed by atoms with Gasteiger partial charge in [-0.05, 0) is 37.2 Å². The van der Waals surface area contributed by atoms with Crippen molar-refractivity contribution in [3.63, 3.8) is 0 Å². The average molecular weight is 286 g/mol. The van der Waals surface area contributed by atoms with Gasteiger partial charge in [0.2, 0.25) is 0 Å². The van der Waals surface area contributed by atoms with Crippen LogP contribution in [0.2, 0.25) is 0 Å². The number of hydrogen-bond donors (Lipinski definition) is 2. The summed E-state index contributed by atoms with van der Waals surface area (Å²) < 4.78 is 0. The molecule has 1 fully saturated rings. The van der Waals surface area contributed by atoms with E-state index in [4.69, 9.17) is 5.11 Å². The minimum Gasteiger partial charge on any atom is -0.384 e. The predicted molar refractivity (Wildman–Crippen MR) is 81.7 cm³/mol. The second-order valence-corrected chi connectivity index (χ2v) is 6.33. The van der Waals surface area contributed by atoms with Crippen LogP contribution >= 0.6 is 0 Å². The van der Waals surface area contributed by atoms with E-state index in [1.165, 1.54) is 0 Å². The van der Waals surface area contributed by atoms with Gasteiger partial charge in [0.25, 0.3) is 5.91 Å². The van der Waals surface area contributed by atoms with Crippen molar-refractivity contribution in [2.24, 2.45) is 5.41 Å². The lowest BCUT2D eigenvalue weighted by Gasteiger charge is -2.34. The van der Waals surface area contributed by atoms with E-state index in [2.05, 4.69) is 36.0 Å². The number of pyridine rings is 1. The molecule has 0 aliphatic heterocycles. The number of carbonyl (C=O) groups is 1. The first kappa shape index (κ1) is 15.5. The van der Waals surface area contributed by atoms with Gasteiger partial charge in [-0.1, -0.05) is 25.7 Å². The number of aliphatic hydroxyl groups excluding tert-OH is 1. The Hall–Kier alpha value is -1.86. The third-order valence-electron chi connectivity index (χ3n) is 3.99. The number of rotatable bonds is 2. The third kappa shape index (κ3) is 4.57. The van der Waals surface area contributed by atoms with Crippen LogP contribution in [-0.2, 0) is 0 Å². The molecule has 2 N–H and O–H groups in total. The molecule has 0 bridgehead atoms. The molecule has 4 nitrogen and oxygen atoms in total. The highest BCUT2D eigenvalue weighted by molar-refractivity contribution is 5.94. The summed E-state index contributed by atoms with van der Waals surface area (Å²) >= 11 is 0. The standard InChI is InChI=1S/C17H22N2O2/c1-17(2)7-5-15(6-8-17)19-16(21)14-10-13(4-3-9-20)11-18-12-14/h10-12,15,20H,5-9H2,1-2H3,(H,19,21). The summed E-state index contributed by atoms with van der Waals surface area (Å²) in [4.78, 5) is 16.3. The van der Waals surface area contributed by atoms with Crippen LogP contribution in [-0.4, -0.2) is 28.6 Å². The lowest BCUT2D eigenvalue weighted by atomic mass is 9.75. The summed E-state index contributed by atoms with van der Waals surface area (Å²) in [6.07, 6.45) is 7.46. The van der Waals surface area contributed by atoms with Crippen LogP contribution in [0.3, 0.4) is 0 Å². The molecule has 2 rings (SSSR count). The summed E-state index contributed by atoms with van der Waals surface area (Å²) in [5.74, 6) is 5.22. The molecule has 0 saturated heterocycles. The smallest absolute Gasteiger partial charge is 0.253 e. The van der Waals surface area contributed by atoms with Crippen LogP contribution in [0.4, 0.5) is 0 Å². The summed E-state index contributed by atoms with van der Waals surface area (Å²) in [5.41, 5.74) is 1.55. The van der Waals surface area contributed by atoms with Crippen LogP contribution in [0.15, 0.2) is 18.5 Å². The van der Waals surface area contributed by atoms with Gasteiger partial charge in [0.15, 0.2) is 0 Å². The SMILES string of the molecule is CC1(C)CCC(NC(=O)c2cncc(C#CCO)c2)CC1. The number of nitrogens with zero attached hydrogens (tertiary/aromatic N) is 1. The molecule has 21 heavy (non-hydrogen) atoms. The quantitative estimate of drug-likeness (QED) is 0.819. The number of hydrogen-bond acceptors (Lipinski definition) is 3. The molecular formula is C17H22N2O2. The molecule has 0 unspecified atom stereocenters. The van der Waals surface area contributed by atoms with E-state index in [-0.39, 0.29) is 18.6 Å². The summed E-state index contributed by atoms with van der Waals surface area (Å²) in [6.45, 7) is 4.35. The fraction of sp³-hybridized carbons (Fsp3) is 0.529. The van der Waals surface area contributed by atoms with E-state index in [9.17, 15) is 4.79 Å². The zero-order chi connectivity index (χ0) is 15.3. The Labute approximate surface area is 126 Å². The molecule has 1 amide bonds. The van der Waals surface area contributed by atoms with Crippen LogP contribution in [0.5, 0.6) is 0 Å². The first-order valence-electron chi connectivity index (χ1n) is 7.36. The van der Waals surface area contributed by atoms with Crippen LogP contribution < -0.4 is 5.32 Å². The van der Waals surface area contributed by atoms with E-state index in [1.54, 1.807) is 18.5 Å². The van der Waals surface area contributed by atoms with Gasteiger partial charge in [-0.15, -0.1) is 0 Å². The van der Waals surface area contributed by atoms with Gasteiger partial charge < -0.3 is 10.4 Å². The number of carbonyl (C=O) groups excluding carboxylic acids is 1. The molecule has 4 heteroatoms. The van der Waals surface area contributed by atoms with E-state index >= 15 is 0 Å². The summed E-state index contributed by atoms with van der Waals surface area (Å²) in [7, 11) is 0. The molecule has 1 aliphatic rings. The van der Waals surface area contributed by atoms with Gasteiger partial charge >= 0.3 is 0 Å².